The van der Waals surface area contributed by atoms with Crippen molar-refractivity contribution in [3.63, 3.8) is 0 Å². The zero-order chi connectivity index (χ0) is 16.2. The van der Waals surface area contributed by atoms with Gasteiger partial charge in [-0.3, -0.25) is 4.79 Å². The molecule has 0 spiro atoms. The van der Waals surface area contributed by atoms with E-state index in [1.807, 2.05) is 11.0 Å². The number of piperidine rings is 1. The van der Waals surface area contributed by atoms with Crippen molar-refractivity contribution in [2.45, 2.75) is 32.2 Å². The number of carbonyl (C=O) groups is 1. The van der Waals surface area contributed by atoms with Crippen LogP contribution < -0.4 is 14.8 Å². The maximum atomic E-state index is 12.8. The van der Waals surface area contributed by atoms with Gasteiger partial charge in [0, 0.05) is 19.6 Å². The van der Waals surface area contributed by atoms with Crippen LogP contribution in [0.4, 0.5) is 0 Å². The maximum Gasteiger partial charge on any atom is 0.227 e. The molecule has 0 aliphatic carbocycles. The zero-order valence-electron chi connectivity index (χ0n) is 14.1. The van der Waals surface area contributed by atoms with Gasteiger partial charge < -0.3 is 19.7 Å². The number of nitrogens with one attached hydrogen (secondary N) is 1. The minimum Gasteiger partial charge on any atom is -0.493 e. The molecule has 1 saturated heterocycles. The van der Waals surface area contributed by atoms with Gasteiger partial charge in [-0.2, -0.15) is 0 Å². The highest BCUT2D eigenvalue weighted by Gasteiger charge is 2.28. The van der Waals surface area contributed by atoms with Crippen LogP contribution in [0.5, 0.6) is 11.5 Å². The summed E-state index contributed by atoms with van der Waals surface area (Å²) in [7, 11) is 3.31. The van der Waals surface area contributed by atoms with Crippen molar-refractivity contribution in [2.24, 2.45) is 5.92 Å². The van der Waals surface area contributed by atoms with Gasteiger partial charge in [0.1, 0.15) is 0 Å². The minimum absolute atomic E-state index is 0.130. The number of hydrogen-bond acceptors (Lipinski definition) is 4. The monoisotopic (exact) mass is 318 g/mol. The Balaban J connectivity index is 1.81. The van der Waals surface area contributed by atoms with Crippen LogP contribution in [0, 0.1) is 5.92 Å². The molecule has 2 aliphatic rings. The van der Waals surface area contributed by atoms with Crippen LogP contribution in [-0.2, 0) is 17.8 Å². The molecule has 1 aromatic rings. The van der Waals surface area contributed by atoms with Crippen LogP contribution >= 0.6 is 0 Å². The van der Waals surface area contributed by atoms with E-state index < -0.39 is 0 Å². The van der Waals surface area contributed by atoms with Gasteiger partial charge in [-0.15, -0.1) is 0 Å². The Bertz CT molecular complexity index is 568. The Labute approximate surface area is 137 Å². The summed E-state index contributed by atoms with van der Waals surface area (Å²) in [5.41, 5.74) is 2.44. The van der Waals surface area contributed by atoms with E-state index in [1.165, 1.54) is 11.1 Å². The van der Waals surface area contributed by atoms with E-state index >= 15 is 0 Å². The molecule has 126 valence electrons. The van der Waals surface area contributed by atoms with Gasteiger partial charge in [-0.05, 0) is 55.5 Å². The number of nitrogens with zero attached hydrogens (tertiary/aromatic N) is 1. The van der Waals surface area contributed by atoms with E-state index in [4.69, 9.17) is 9.47 Å². The molecule has 3 rings (SSSR count). The standard InChI is InChI=1S/C18H26N2O3/c1-22-16-9-13-6-4-8-20(12-15(13)10-17(16)23-2)18(21)14-5-3-7-19-11-14/h9-10,14,19H,3-8,11-12H2,1-2H3. The van der Waals surface area contributed by atoms with E-state index in [-0.39, 0.29) is 5.92 Å². The lowest BCUT2D eigenvalue weighted by Gasteiger charge is -2.29. The largest absolute Gasteiger partial charge is 0.493 e. The molecule has 1 unspecified atom stereocenters. The van der Waals surface area contributed by atoms with Gasteiger partial charge in [0.05, 0.1) is 20.1 Å². The highest BCUT2D eigenvalue weighted by molar-refractivity contribution is 5.79. The van der Waals surface area contributed by atoms with E-state index in [0.29, 0.717) is 12.5 Å². The molecule has 5 heteroatoms. The average molecular weight is 318 g/mol. The predicted octanol–water partition coefficient (Wildman–Crippen LogP) is 1.98. The number of benzene rings is 1. The molecule has 1 aromatic carbocycles. The second-order valence-corrected chi connectivity index (χ2v) is 6.38. The van der Waals surface area contributed by atoms with E-state index in [0.717, 1.165) is 56.8 Å². The Hall–Kier alpha value is -1.75. The van der Waals surface area contributed by atoms with Crippen LogP contribution in [0.1, 0.15) is 30.4 Å². The minimum atomic E-state index is 0.130. The summed E-state index contributed by atoms with van der Waals surface area (Å²) < 4.78 is 10.8. The van der Waals surface area contributed by atoms with Crippen LogP contribution in [0.3, 0.4) is 0 Å². The number of amides is 1. The van der Waals surface area contributed by atoms with E-state index in [2.05, 4.69) is 11.4 Å². The topological polar surface area (TPSA) is 50.8 Å². The van der Waals surface area contributed by atoms with Gasteiger partial charge in [0.25, 0.3) is 0 Å². The molecule has 1 fully saturated rings. The lowest BCUT2D eigenvalue weighted by atomic mass is 9.98. The number of aryl methyl sites for hydroxylation is 1. The van der Waals surface area contributed by atoms with Gasteiger partial charge >= 0.3 is 0 Å². The van der Waals surface area contributed by atoms with E-state index in [1.54, 1.807) is 14.2 Å². The Morgan fingerprint density at radius 3 is 2.57 bits per heavy atom. The molecule has 1 amide bonds. The zero-order valence-corrected chi connectivity index (χ0v) is 14.1. The first-order valence-electron chi connectivity index (χ1n) is 8.46. The van der Waals surface area contributed by atoms with Crippen LogP contribution in [0.2, 0.25) is 0 Å². The average Bonchev–Trinajstić information content (AvgIpc) is 2.82. The first-order valence-corrected chi connectivity index (χ1v) is 8.46. The lowest BCUT2D eigenvalue weighted by molar-refractivity contribution is -0.136. The van der Waals surface area contributed by atoms with Crippen molar-refractivity contribution in [1.82, 2.24) is 10.2 Å². The molecule has 0 aromatic heterocycles. The van der Waals surface area contributed by atoms with Crippen molar-refractivity contribution in [3.05, 3.63) is 23.3 Å². The highest BCUT2D eigenvalue weighted by atomic mass is 16.5. The molecule has 5 nitrogen and oxygen atoms in total. The lowest BCUT2D eigenvalue weighted by Crippen LogP contribution is -2.42. The molecular weight excluding hydrogens is 292 g/mol. The Morgan fingerprint density at radius 2 is 1.91 bits per heavy atom. The molecule has 0 radical (unpaired) electrons. The fourth-order valence-electron chi connectivity index (χ4n) is 3.60. The van der Waals surface area contributed by atoms with E-state index in [9.17, 15) is 4.79 Å². The third kappa shape index (κ3) is 3.44. The summed E-state index contributed by atoms with van der Waals surface area (Å²) in [5.74, 6) is 1.92. The van der Waals surface area contributed by atoms with Crippen LogP contribution in [0.25, 0.3) is 0 Å². The highest BCUT2D eigenvalue weighted by Crippen LogP contribution is 2.33. The van der Waals surface area contributed by atoms with Gasteiger partial charge in [-0.1, -0.05) is 0 Å². The van der Waals surface area contributed by atoms with Crippen molar-refractivity contribution >= 4 is 5.91 Å². The fraction of sp³-hybridized carbons (Fsp3) is 0.611. The summed E-state index contributed by atoms with van der Waals surface area (Å²) in [6.45, 7) is 3.34. The van der Waals surface area contributed by atoms with Crippen molar-refractivity contribution in [2.75, 3.05) is 33.9 Å². The maximum absolute atomic E-state index is 12.8. The molecule has 2 heterocycles. The predicted molar refractivity (Wildman–Crippen MR) is 88.9 cm³/mol. The second-order valence-electron chi connectivity index (χ2n) is 6.38. The van der Waals surface area contributed by atoms with Crippen molar-refractivity contribution in [1.29, 1.82) is 0 Å². The normalized spacial score (nSPS) is 21.3. The number of carbonyl (C=O) groups excluding carboxylic acids is 1. The molecular formula is C18H26N2O3. The van der Waals surface area contributed by atoms with Crippen LogP contribution in [-0.4, -0.2) is 44.7 Å². The quantitative estimate of drug-likeness (QED) is 0.926. The first kappa shape index (κ1) is 16.1. The van der Waals surface area contributed by atoms with Crippen LogP contribution in [0.15, 0.2) is 12.1 Å². The SMILES string of the molecule is COc1cc2c(cc1OC)CN(C(=O)C1CCCNC1)CCC2. The molecule has 2 aliphatic heterocycles. The Kier molecular flexibility index (Phi) is 5.06. The number of hydrogen-bond donors (Lipinski definition) is 1. The molecule has 23 heavy (non-hydrogen) atoms. The summed E-state index contributed by atoms with van der Waals surface area (Å²) >= 11 is 0. The molecule has 0 bridgehead atoms. The van der Waals surface area contributed by atoms with Gasteiger partial charge in [-0.25, -0.2) is 0 Å². The molecule has 0 saturated carbocycles. The first-order chi connectivity index (χ1) is 11.2. The van der Waals surface area contributed by atoms with Crippen molar-refractivity contribution < 1.29 is 14.3 Å². The Morgan fingerprint density at radius 1 is 1.17 bits per heavy atom. The fourth-order valence-corrected chi connectivity index (χ4v) is 3.60. The number of rotatable bonds is 3. The third-order valence-electron chi connectivity index (χ3n) is 4.90. The number of ether oxygens (including phenoxy) is 2. The van der Waals surface area contributed by atoms with Gasteiger partial charge in [0.2, 0.25) is 5.91 Å². The third-order valence-corrected chi connectivity index (χ3v) is 4.90. The van der Waals surface area contributed by atoms with Crippen molar-refractivity contribution in [3.8, 4) is 11.5 Å². The smallest absolute Gasteiger partial charge is 0.227 e. The van der Waals surface area contributed by atoms with Gasteiger partial charge in [0.15, 0.2) is 11.5 Å². The molecule has 1 N–H and O–H groups in total. The number of methoxy groups -OCH3 is 2. The summed E-state index contributed by atoms with van der Waals surface area (Å²) in [4.78, 5) is 14.8. The number of fused-ring (bicyclic) bond motifs is 1. The summed E-state index contributed by atoms with van der Waals surface area (Å²) in [5, 5.41) is 3.34. The summed E-state index contributed by atoms with van der Waals surface area (Å²) in [6.07, 6.45) is 4.06. The molecule has 1 atom stereocenters. The second kappa shape index (κ2) is 7.21. The summed E-state index contributed by atoms with van der Waals surface area (Å²) in [6, 6.07) is 4.09.